The molecule has 2 saturated heterocycles. The maximum atomic E-state index is 12.7. The van der Waals surface area contributed by atoms with Crippen LogP contribution in [0.1, 0.15) is 31.5 Å². The molecule has 174 valence electrons. The molecule has 12 nitrogen and oxygen atoms in total. The smallest absolute Gasteiger partial charge is 0.409 e. The van der Waals surface area contributed by atoms with Crippen LogP contribution < -0.4 is 5.69 Å². The quantitative estimate of drug-likeness (QED) is 0.555. The molecule has 1 aromatic heterocycles. The minimum absolute atomic E-state index is 0.0415. The molecule has 2 fully saturated rings. The third-order valence-electron chi connectivity index (χ3n) is 5.81. The maximum absolute atomic E-state index is 12.7. The van der Waals surface area contributed by atoms with Crippen molar-refractivity contribution in [3.8, 4) is 0 Å². The summed E-state index contributed by atoms with van der Waals surface area (Å²) in [5, 5.41) is 4.39. The number of aromatic nitrogens is 3. The number of hydrogen-bond donors (Lipinski definition) is 0. The number of carbonyl (C=O) groups is 2. The lowest BCUT2D eigenvalue weighted by atomic mass is 9.97. The van der Waals surface area contributed by atoms with Crippen LogP contribution in [0.15, 0.2) is 4.79 Å². The summed E-state index contributed by atoms with van der Waals surface area (Å²) in [7, 11) is -1.61. The van der Waals surface area contributed by atoms with Crippen LogP contribution in [-0.2, 0) is 33.1 Å². The van der Waals surface area contributed by atoms with Gasteiger partial charge < -0.3 is 14.5 Å². The van der Waals surface area contributed by atoms with Crippen LogP contribution in [0.3, 0.4) is 0 Å². The monoisotopic (exact) mass is 458 g/mol. The van der Waals surface area contributed by atoms with Crippen molar-refractivity contribution < 1.29 is 22.7 Å². The van der Waals surface area contributed by atoms with Gasteiger partial charge in [-0.15, -0.1) is 0 Å². The molecule has 3 rings (SSSR count). The number of carbonyl (C=O) groups excluding carboxylic acids is 2. The fourth-order valence-electron chi connectivity index (χ4n) is 3.99. The normalized spacial score (nSPS) is 18.9. The van der Waals surface area contributed by atoms with E-state index in [4.69, 9.17) is 4.74 Å². The fraction of sp³-hybridized carbons (Fsp3) is 0.778. The fourth-order valence-corrected chi connectivity index (χ4v) is 4.86. The van der Waals surface area contributed by atoms with Gasteiger partial charge in [0.15, 0.2) is 0 Å². The number of ether oxygens (including phenoxy) is 1. The van der Waals surface area contributed by atoms with Crippen LogP contribution in [0.4, 0.5) is 4.79 Å². The lowest BCUT2D eigenvalue weighted by Gasteiger charge is -2.33. The third-order valence-corrected chi connectivity index (χ3v) is 7.11. The van der Waals surface area contributed by atoms with E-state index in [0.29, 0.717) is 64.5 Å². The molecule has 0 bridgehead atoms. The van der Waals surface area contributed by atoms with Gasteiger partial charge in [0, 0.05) is 52.2 Å². The highest BCUT2D eigenvalue weighted by molar-refractivity contribution is 7.88. The van der Waals surface area contributed by atoms with Crippen LogP contribution in [-0.4, -0.2) is 101 Å². The zero-order chi connectivity index (χ0) is 22.8. The number of amides is 2. The molecule has 0 N–H and O–H groups in total. The van der Waals surface area contributed by atoms with Crippen LogP contribution in [0.2, 0.25) is 0 Å². The summed E-state index contributed by atoms with van der Waals surface area (Å²) in [6, 6.07) is 0. The van der Waals surface area contributed by atoms with Crippen molar-refractivity contribution in [2.75, 3.05) is 52.1 Å². The topological polar surface area (TPSA) is 127 Å². The number of piperazine rings is 1. The Labute approximate surface area is 181 Å². The van der Waals surface area contributed by atoms with E-state index >= 15 is 0 Å². The Morgan fingerprint density at radius 2 is 1.65 bits per heavy atom. The Morgan fingerprint density at radius 3 is 2.19 bits per heavy atom. The van der Waals surface area contributed by atoms with Crippen molar-refractivity contribution in [3.05, 3.63) is 16.3 Å². The minimum atomic E-state index is -3.23. The van der Waals surface area contributed by atoms with E-state index in [9.17, 15) is 22.8 Å². The van der Waals surface area contributed by atoms with Gasteiger partial charge in [-0.25, -0.2) is 27.0 Å². The van der Waals surface area contributed by atoms with E-state index in [-0.39, 0.29) is 30.2 Å². The largest absolute Gasteiger partial charge is 0.450 e. The molecule has 0 unspecified atom stereocenters. The Balaban J connectivity index is 1.60. The third kappa shape index (κ3) is 5.26. The summed E-state index contributed by atoms with van der Waals surface area (Å²) >= 11 is 0. The number of hydrogen-bond acceptors (Lipinski definition) is 7. The SMILES string of the molecule is CCOC(=O)N1CCN(C(=O)Cn2nc(C3CCN(S(C)(=O)=O)CC3)n(C)c2=O)CC1. The number of sulfonamides is 1. The molecular weight excluding hydrogens is 428 g/mol. The molecule has 31 heavy (non-hydrogen) atoms. The number of nitrogens with zero attached hydrogens (tertiary/aromatic N) is 6. The molecule has 0 spiro atoms. The van der Waals surface area contributed by atoms with Gasteiger partial charge in [-0.1, -0.05) is 0 Å². The van der Waals surface area contributed by atoms with Gasteiger partial charge in [-0.05, 0) is 19.8 Å². The average molecular weight is 459 g/mol. The van der Waals surface area contributed by atoms with E-state index in [1.807, 2.05) is 0 Å². The lowest BCUT2D eigenvalue weighted by Crippen LogP contribution is -2.51. The van der Waals surface area contributed by atoms with Gasteiger partial charge in [-0.2, -0.15) is 5.10 Å². The predicted molar refractivity (Wildman–Crippen MR) is 111 cm³/mol. The molecule has 13 heteroatoms. The van der Waals surface area contributed by atoms with Gasteiger partial charge in [0.2, 0.25) is 15.9 Å². The molecular formula is C18H30N6O6S. The highest BCUT2D eigenvalue weighted by atomic mass is 32.2. The molecule has 0 aromatic carbocycles. The predicted octanol–water partition coefficient (Wildman–Crippen LogP) is -0.978. The molecule has 2 aliphatic heterocycles. The van der Waals surface area contributed by atoms with Crippen molar-refractivity contribution in [1.82, 2.24) is 28.5 Å². The van der Waals surface area contributed by atoms with Crippen LogP contribution in [0.25, 0.3) is 0 Å². The molecule has 2 aliphatic rings. The molecule has 0 atom stereocenters. The highest BCUT2D eigenvalue weighted by Crippen LogP contribution is 2.26. The van der Waals surface area contributed by atoms with Gasteiger partial charge >= 0.3 is 11.8 Å². The van der Waals surface area contributed by atoms with Gasteiger partial charge in [0.05, 0.1) is 12.9 Å². The lowest BCUT2D eigenvalue weighted by molar-refractivity contribution is -0.133. The first kappa shape index (κ1) is 23.3. The van der Waals surface area contributed by atoms with Crippen LogP contribution >= 0.6 is 0 Å². The summed E-state index contributed by atoms with van der Waals surface area (Å²) < 4.78 is 32.4. The van der Waals surface area contributed by atoms with Crippen molar-refractivity contribution in [2.24, 2.45) is 7.05 Å². The Kier molecular flexibility index (Phi) is 7.04. The summed E-state index contributed by atoms with van der Waals surface area (Å²) in [6.07, 6.45) is 1.94. The first-order valence-corrected chi connectivity index (χ1v) is 12.2. The molecule has 0 saturated carbocycles. The molecule has 1 aromatic rings. The van der Waals surface area contributed by atoms with E-state index in [1.165, 1.54) is 19.8 Å². The highest BCUT2D eigenvalue weighted by Gasteiger charge is 2.30. The van der Waals surface area contributed by atoms with Crippen molar-refractivity contribution in [2.45, 2.75) is 32.2 Å². The molecule has 0 radical (unpaired) electrons. The van der Waals surface area contributed by atoms with E-state index < -0.39 is 10.0 Å². The summed E-state index contributed by atoms with van der Waals surface area (Å²) in [5.41, 5.74) is -0.376. The van der Waals surface area contributed by atoms with Crippen molar-refractivity contribution in [3.63, 3.8) is 0 Å². The average Bonchev–Trinajstić information content (AvgIpc) is 3.02. The first-order chi connectivity index (χ1) is 14.6. The van der Waals surface area contributed by atoms with Gasteiger partial charge in [0.1, 0.15) is 12.4 Å². The second-order valence-corrected chi connectivity index (χ2v) is 9.84. The van der Waals surface area contributed by atoms with E-state index in [2.05, 4.69) is 5.10 Å². The Bertz CT molecular complexity index is 970. The van der Waals surface area contributed by atoms with E-state index in [1.54, 1.807) is 23.8 Å². The van der Waals surface area contributed by atoms with Crippen LogP contribution in [0, 0.1) is 0 Å². The molecule has 0 aliphatic carbocycles. The van der Waals surface area contributed by atoms with E-state index in [0.717, 1.165) is 0 Å². The van der Waals surface area contributed by atoms with Crippen molar-refractivity contribution in [1.29, 1.82) is 0 Å². The minimum Gasteiger partial charge on any atom is -0.450 e. The van der Waals surface area contributed by atoms with Gasteiger partial charge in [-0.3, -0.25) is 9.36 Å². The number of rotatable bonds is 5. The summed E-state index contributed by atoms with van der Waals surface area (Å²) in [6.45, 7) is 4.14. The Hall–Kier alpha value is -2.41. The standard InChI is InChI=1S/C18H30N6O6S/c1-4-30-18(27)22-11-9-21(10-12-22)15(25)13-24-17(26)20(2)16(19-24)14-5-7-23(8-6-14)31(3,28)29/h14H,4-13H2,1-3H3. The van der Waals surface area contributed by atoms with Crippen LogP contribution in [0.5, 0.6) is 0 Å². The number of piperidine rings is 1. The second kappa shape index (κ2) is 9.39. The second-order valence-electron chi connectivity index (χ2n) is 7.86. The van der Waals surface area contributed by atoms with Gasteiger partial charge in [0.25, 0.3) is 0 Å². The zero-order valence-corrected chi connectivity index (χ0v) is 19.0. The Morgan fingerprint density at radius 1 is 1.06 bits per heavy atom. The molecule has 3 heterocycles. The maximum Gasteiger partial charge on any atom is 0.409 e. The molecule has 2 amide bonds. The summed E-state index contributed by atoms with van der Waals surface area (Å²) in [5.74, 6) is 0.292. The summed E-state index contributed by atoms with van der Waals surface area (Å²) in [4.78, 5) is 40.2. The van der Waals surface area contributed by atoms with Crippen molar-refractivity contribution >= 4 is 22.0 Å². The zero-order valence-electron chi connectivity index (χ0n) is 18.2. The first-order valence-electron chi connectivity index (χ1n) is 10.4.